The Bertz CT molecular complexity index is 924. The zero-order chi connectivity index (χ0) is 17.9. The number of hydrogen-bond donors (Lipinski definition) is 0. The van der Waals surface area contributed by atoms with Gasteiger partial charge in [-0.1, -0.05) is 42.5 Å². The SMILES string of the molecule is O=C(Cc1cccc2ccccc12)N1CCC(Oc2ncc(F)cn2)C1. The summed E-state index contributed by atoms with van der Waals surface area (Å²) in [6.45, 7) is 1.12. The van der Waals surface area contributed by atoms with E-state index in [9.17, 15) is 9.18 Å². The van der Waals surface area contributed by atoms with Gasteiger partial charge in [0.1, 0.15) is 6.10 Å². The molecule has 5 nitrogen and oxygen atoms in total. The molecule has 0 spiro atoms. The summed E-state index contributed by atoms with van der Waals surface area (Å²) in [6.07, 6.45) is 3.04. The number of amides is 1. The molecular formula is C20H18FN3O2. The first-order valence-corrected chi connectivity index (χ1v) is 8.57. The summed E-state index contributed by atoms with van der Waals surface area (Å²) in [7, 11) is 0. The number of rotatable bonds is 4. The third-order valence-electron chi connectivity index (χ3n) is 4.59. The number of aromatic nitrogens is 2. The minimum atomic E-state index is -0.504. The lowest BCUT2D eigenvalue weighted by atomic mass is 10.0. The van der Waals surface area contributed by atoms with Crippen molar-refractivity contribution in [3.8, 4) is 6.01 Å². The van der Waals surface area contributed by atoms with Gasteiger partial charge in [-0.15, -0.1) is 0 Å². The molecule has 4 rings (SSSR count). The summed E-state index contributed by atoms with van der Waals surface area (Å²) in [5.74, 6) is -0.428. The average molecular weight is 351 g/mol. The Kier molecular flexibility index (Phi) is 4.48. The van der Waals surface area contributed by atoms with E-state index in [1.807, 2.05) is 42.5 Å². The summed E-state index contributed by atoms with van der Waals surface area (Å²) in [4.78, 5) is 22.1. The molecule has 1 aliphatic heterocycles. The summed E-state index contributed by atoms with van der Waals surface area (Å²) < 4.78 is 18.5. The highest BCUT2D eigenvalue weighted by Gasteiger charge is 2.28. The highest BCUT2D eigenvalue weighted by molar-refractivity contribution is 5.90. The molecule has 6 heteroatoms. The Hall–Kier alpha value is -3.02. The van der Waals surface area contributed by atoms with Crippen LogP contribution < -0.4 is 4.74 Å². The Balaban J connectivity index is 1.40. The maximum absolute atomic E-state index is 12.9. The Labute approximate surface area is 150 Å². The molecule has 1 saturated heterocycles. The normalized spacial score (nSPS) is 16.8. The highest BCUT2D eigenvalue weighted by atomic mass is 19.1. The van der Waals surface area contributed by atoms with Gasteiger partial charge in [-0.3, -0.25) is 4.79 Å². The predicted octanol–water partition coefficient (Wildman–Crippen LogP) is 2.99. The van der Waals surface area contributed by atoms with Crippen molar-refractivity contribution >= 4 is 16.7 Å². The zero-order valence-corrected chi connectivity index (χ0v) is 14.1. The molecule has 26 heavy (non-hydrogen) atoms. The zero-order valence-electron chi connectivity index (χ0n) is 14.1. The average Bonchev–Trinajstić information content (AvgIpc) is 3.13. The lowest BCUT2D eigenvalue weighted by molar-refractivity contribution is -0.129. The van der Waals surface area contributed by atoms with E-state index in [0.29, 0.717) is 25.9 Å². The first-order chi connectivity index (χ1) is 12.7. The van der Waals surface area contributed by atoms with E-state index in [2.05, 4.69) is 9.97 Å². The molecule has 0 radical (unpaired) electrons. The number of halogens is 1. The van der Waals surface area contributed by atoms with Gasteiger partial charge in [-0.2, -0.15) is 0 Å². The molecule has 1 amide bonds. The number of nitrogens with zero attached hydrogens (tertiary/aromatic N) is 3. The quantitative estimate of drug-likeness (QED) is 0.725. The fraction of sp³-hybridized carbons (Fsp3) is 0.250. The molecule has 1 fully saturated rings. The van der Waals surface area contributed by atoms with E-state index in [-0.39, 0.29) is 18.0 Å². The van der Waals surface area contributed by atoms with Gasteiger partial charge in [0.2, 0.25) is 5.91 Å². The van der Waals surface area contributed by atoms with Crippen molar-refractivity contribution in [3.63, 3.8) is 0 Å². The van der Waals surface area contributed by atoms with Gasteiger partial charge in [0.25, 0.3) is 0 Å². The third-order valence-corrected chi connectivity index (χ3v) is 4.59. The minimum absolute atomic E-state index is 0.0764. The molecule has 1 atom stereocenters. The Morgan fingerprint density at radius 3 is 2.77 bits per heavy atom. The van der Waals surface area contributed by atoms with Crippen molar-refractivity contribution in [1.82, 2.24) is 14.9 Å². The Morgan fingerprint density at radius 2 is 1.92 bits per heavy atom. The summed E-state index contributed by atoms with van der Waals surface area (Å²) in [6, 6.07) is 14.2. The molecule has 2 aromatic carbocycles. The molecule has 0 N–H and O–H groups in total. The first kappa shape index (κ1) is 16.4. The number of carbonyl (C=O) groups excluding carboxylic acids is 1. The number of hydrogen-bond acceptors (Lipinski definition) is 4. The van der Waals surface area contributed by atoms with E-state index in [4.69, 9.17) is 4.74 Å². The van der Waals surface area contributed by atoms with Crippen LogP contribution in [0.5, 0.6) is 6.01 Å². The van der Waals surface area contributed by atoms with Crippen molar-refractivity contribution < 1.29 is 13.9 Å². The van der Waals surface area contributed by atoms with Crippen LogP contribution in [-0.2, 0) is 11.2 Å². The highest BCUT2D eigenvalue weighted by Crippen LogP contribution is 2.21. The molecule has 132 valence electrons. The van der Waals surface area contributed by atoms with Gasteiger partial charge in [-0.25, -0.2) is 14.4 Å². The minimum Gasteiger partial charge on any atom is -0.458 e. The lowest BCUT2D eigenvalue weighted by Gasteiger charge is -2.17. The number of carbonyl (C=O) groups is 1. The number of likely N-dealkylation sites (tertiary alicyclic amines) is 1. The molecule has 1 aliphatic rings. The Morgan fingerprint density at radius 1 is 1.15 bits per heavy atom. The van der Waals surface area contributed by atoms with Crippen LogP contribution in [0.15, 0.2) is 54.9 Å². The van der Waals surface area contributed by atoms with E-state index < -0.39 is 5.82 Å². The maximum atomic E-state index is 12.9. The standard InChI is InChI=1S/C20H18FN3O2/c21-16-11-22-20(23-12-16)26-17-8-9-24(13-17)19(25)10-15-6-3-5-14-4-1-2-7-18(14)15/h1-7,11-12,17H,8-10,13H2. The van der Waals surface area contributed by atoms with E-state index >= 15 is 0 Å². The second-order valence-electron chi connectivity index (χ2n) is 6.37. The maximum Gasteiger partial charge on any atom is 0.316 e. The van der Waals surface area contributed by atoms with Gasteiger partial charge >= 0.3 is 6.01 Å². The molecule has 0 saturated carbocycles. The smallest absolute Gasteiger partial charge is 0.316 e. The number of ether oxygens (including phenoxy) is 1. The second kappa shape index (κ2) is 7.07. The van der Waals surface area contributed by atoms with Crippen LogP contribution in [0.4, 0.5) is 4.39 Å². The van der Waals surface area contributed by atoms with Crippen LogP contribution in [-0.4, -0.2) is 40.0 Å². The van der Waals surface area contributed by atoms with Gasteiger partial charge in [0.15, 0.2) is 5.82 Å². The van der Waals surface area contributed by atoms with Crippen molar-refractivity contribution in [2.75, 3.05) is 13.1 Å². The van der Waals surface area contributed by atoms with E-state index in [0.717, 1.165) is 28.7 Å². The monoisotopic (exact) mass is 351 g/mol. The van der Waals surface area contributed by atoms with Crippen molar-refractivity contribution in [3.05, 3.63) is 66.2 Å². The number of benzene rings is 2. The molecule has 3 aromatic rings. The molecule has 1 unspecified atom stereocenters. The van der Waals surface area contributed by atoms with Crippen molar-refractivity contribution in [2.24, 2.45) is 0 Å². The van der Waals surface area contributed by atoms with Crippen LogP contribution in [0.25, 0.3) is 10.8 Å². The van der Waals surface area contributed by atoms with E-state index in [1.165, 1.54) is 0 Å². The second-order valence-corrected chi connectivity index (χ2v) is 6.37. The van der Waals surface area contributed by atoms with Crippen molar-refractivity contribution in [2.45, 2.75) is 18.9 Å². The first-order valence-electron chi connectivity index (χ1n) is 8.57. The molecule has 1 aromatic heterocycles. The van der Waals surface area contributed by atoms with Gasteiger partial charge in [0, 0.05) is 13.0 Å². The van der Waals surface area contributed by atoms with Crippen LogP contribution in [0.2, 0.25) is 0 Å². The summed E-state index contributed by atoms with van der Waals surface area (Å²) in [5, 5.41) is 2.24. The van der Waals surface area contributed by atoms with Crippen LogP contribution in [0.3, 0.4) is 0 Å². The third kappa shape index (κ3) is 3.49. The van der Waals surface area contributed by atoms with Gasteiger partial charge in [-0.05, 0) is 16.3 Å². The van der Waals surface area contributed by atoms with Crippen molar-refractivity contribution in [1.29, 1.82) is 0 Å². The fourth-order valence-corrected chi connectivity index (χ4v) is 3.28. The van der Waals surface area contributed by atoms with Crippen LogP contribution >= 0.6 is 0 Å². The predicted molar refractivity (Wildman–Crippen MR) is 95.3 cm³/mol. The summed E-state index contributed by atoms with van der Waals surface area (Å²) >= 11 is 0. The lowest BCUT2D eigenvalue weighted by Crippen LogP contribution is -2.32. The largest absolute Gasteiger partial charge is 0.458 e. The topological polar surface area (TPSA) is 55.3 Å². The molecule has 0 aliphatic carbocycles. The molecule has 2 heterocycles. The van der Waals surface area contributed by atoms with Gasteiger partial charge in [0.05, 0.1) is 25.4 Å². The van der Waals surface area contributed by atoms with E-state index in [1.54, 1.807) is 4.90 Å². The fourth-order valence-electron chi connectivity index (χ4n) is 3.28. The molecular weight excluding hydrogens is 333 g/mol. The van der Waals surface area contributed by atoms with Crippen LogP contribution in [0.1, 0.15) is 12.0 Å². The summed E-state index contributed by atoms with van der Waals surface area (Å²) in [5.41, 5.74) is 1.03. The van der Waals surface area contributed by atoms with Crippen LogP contribution in [0, 0.1) is 5.82 Å². The van der Waals surface area contributed by atoms with Gasteiger partial charge < -0.3 is 9.64 Å². The number of fused-ring (bicyclic) bond motifs is 1. The molecule has 0 bridgehead atoms.